The lowest BCUT2D eigenvalue weighted by Crippen LogP contribution is -2.58. The number of fused-ring (bicyclic) bond motifs is 1. The Kier molecular flexibility index (Phi) is 7.84. The van der Waals surface area contributed by atoms with E-state index in [-0.39, 0.29) is 36.4 Å². The summed E-state index contributed by atoms with van der Waals surface area (Å²) in [6.45, 7) is 3.69. The first-order valence-corrected chi connectivity index (χ1v) is 16.9. The number of carbonyl (C=O) groups excluding carboxylic acids is 2. The average molecular weight is 683 g/mol. The smallest absolute Gasteiger partial charge is 0.260 e. The highest BCUT2D eigenvalue weighted by Crippen LogP contribution is 2.45. The van der Waals surface area contributed by atoms with E-state index in [0.717, 1.165) is 16.7 Å². The third kappa shape index (κ3) is 5.25. The van der Waals surface area contributed by atoms with Crippen LogP contribution in [-0.2, 0) is 36.3 Å². The summed E-state index contributed by atoms with van der Waals surface area (Å²) >= 11 is 12.6. The van der Waals surface area contributed by atoms with Crippen LogP contribution >= 0.6 is 23.2 Å². The molecule has 2 amide bonds. The molecule has 238 valence electrons. The van der Waals surface area contributed by atoms with Gasteiger partial charge >= 0.3 is 0 Å². The number of anilines is 2. The number of rotatable bonds is 7. The largest absolute Gasteiger partial charge is 0.378 e. The molecule has 0 radical (unpaired) electrons. The minimum absolute atomic E-state index is 0.0436. The summed E-state index contributed by atoms with van der Waals surface area (Å²) < 4.78 is 36.3. The summed E-state index contributed by atoms with van der Waals surface area (Å²) in [5, 5.41) is 0.489. The van der Waals surface area contributed by atoms with Gasteiger partial charge in [0.2, 0.25) is 11.9 Å². The van der Waals surface area contributed by atoms with Crippen molar-refractivity contribution < 1.29 is 22.7 Å². The van der Waals surface area contributed by atoms with E-state index in [1.54, 1.807) is 42.4 Å². The Morgan fingerprint density at radius 1 is 0.978 bits per heavy atom. The summed E-state index contributed by atoms with van der Waals surface area (Å²) in [6.07, 6.45) is 6.30. The molecule has 3 aliphatic rings. The maximum absolute atomic E-state index is 14.4. The Morgan fingerprint density at radius 3 is 2.28 bits per heavy atom. The third-order valence-electron chi connectivity index (χ3n) is 8.69. The van der Waals surface area contributed by atoms with E-state index in [0.29, 0.717) is 42.0 Å². The molecule has 0 unspecified atom stereocenters. The second-order valence-electron chi connectivity index (χ2n) is 11.7. The SMILES string of the molecule is C[C@@]1(Cc2ccc(-c3cncnc3)cc2)C(=O)N(c2cc(Cl)cc(Cl)c2)c2ncc(S(=O)(=O)N3CC(C(=O)N4CCOCC4)C3)n21. The van der Waals surface area contributed by atoms with Gasteiger partial charge in [0, 0.05) is 60.6 Å². The van der Waals surface area contributed by atoms with Crippen molar-refractivity contribution in [1.29, 1.82) is 0 Å². The summed E-state index contributed by atoms with van der Waals surface area (Å²) in [7, 11) is -4.14. The van der Waals surface area contributed by atoms with E-state index in [4.69, 9.17) is 27.9 Å². The van der Waals surface area contributed by atoms with Crippen LogP contribution in [0, 0.1) is 5.92 Å². The fourth-order valence-electron chi connectivity index (χ4n) is 6.24. The molecule has 0 bridgehead atoms. The number of carbonyl (C=O) groups is 2. The predicted molar refractivity (Wildman–Crippen MR) is 170 cm³/mol. The molecule has 0 aliphatic carbocycles. The van der Waals surface area contributed by atoms with Crippen molar-refractivity contribution in [3.05, 3.63) is 83.0 Å². The predicted octanol–water partition coefficient (Wildman–Crippen LogP) is 3.76. The molecule has 15 heteroatoms. The lowest BCUT2D eigenvalue weighted by molar-refractivity contribution is -0.143. The monoisotopic (exact) mass is 681 g/mol. The third-order valence-corrected chi connectivity index (χ3v) is 10.9. The van der Waals surface area contributed by atoms with Crippen molar-refractivity contribution in [2.45, 2.75) is 23.9 Å². The van der Waals surface area contributed by atoms with Crippen molar-refractivity contribution in [3.8, 4) is 11.1 Å². The van der Waals surface area contributed by atoms with Crippen LogP contribution in [0.2, 0.25) is 10.0 Å². The Hall–Kier alpha value is -3.88. The molecule has 12 nitrogen and oxygen atoms in total. The standard InChI is InChI=1S/C31H29Cl2N7O5S/c1-31(13-20-2-4-21(5-3-20)22-14-34-19-35-15-22)29(42)39(26-11-24(32)10-25(33)12-26)30-36-16-27(40(30)31)46(43,44)38-17-23(18-38)28(41)37-6-8-45-9-7-37/h2-5,10-12,14-16,19,23H,6-9,13,17-18H2,1H3/t31-/m1/s1. The van der Waals surface area contributed by atoms with Crippen molar-refractivity contribution >= 4 is 56.7 Å². The van der Waals surface area contributed by atoms with Crippen LogP contribution in [0.25, 0.3) is 11.1 Å². The first-order valence-electron chi connectivity index (χ1n) is 14.7. The van der Waals surface area contributed by atoms with Gasteiger partial charge in [-0.3, -0.25) is 14.2 Å². The molecule has 7 rings (SSSR count). The number of hydrogen-bond acceptors (Lipinski definition) is 8. The molecule has 0 spiro atoms. The van der Waals surface area contributed by atoms with E-state index in [2.05, 4.69) is 15.0 Å². The first kappa shape index (κ1) is 30.8. The van der Waals surface area contributed by atoms with Crippen LogP contribution < -0.4 is 4.90 Å². The number of nitrogens with zero attached hydrogens (tertiary/aromatic N) is 7. The van der Waals surface area contributed by atoms with Gasteiger partial charge in [-0.2, -0.15) is 4.31 Å². The maximum atomic E-state index is 14.4. The Labute approximate surface area is 275 Å². The highest BCUT2D eigenvalue weighted by molar-refractivity contribution is 7.89. The number of morpholine rings is 1. The highest BCUT2D eigenvalue weighted by atomic mass is 35.5. The van der Waals surface area contributed by atoms with Gasteiger partial charge in [-0.15, -0.1) is 0 Å². The lowest BCUT2D eigenvalue weighted by atomic mass is 9.91. The van der Waals surface area contributed by atoms with Crippen LogP contribution in [-0.4, -0.2) is 88.3 Å². The second kappa shape index (κ2) is 11.7. The number of imidazole rings is 1. The van der Waals surface area contributed by atoms with E-state index >= 15 is 0 Å². The number of aromatic nitrogens is 4. The molecule has 4 aromatic rings. The molecule has 0 saturated carbocycles. The van der Waals surface area contributed by atoms with Crippen LogP contribution in [0.15, 0.2) is 72.4 Å². The molecule has 5 heterocycles. The number of ether oxygens (including phenoxy) is 1. The molecule has 2 fully saturated rings. The molecule has 2 saturated heterocycles. The van der Waals surface area contributed by atoms with Gasteiger partial charge in [-0.25, -0.2) is 28.3 Å². The van der Waals surface area contributed by atoms with Crippen LogP contribution in [0.4, 0.5) is 11.6 Å². The van der Waals surface area contributed by atoms with Crippen molar-refractivity contribution in [3.63, 3.8) is 0 Å². The molecule has 0 N–H and O–H groups in total. The zero-order valence-corrected chi connectivity index (χ0v) is 27.0. The fraction of sp³-hybridized carbons (Fsp3) is 0.323. The summed E-state index contributed by atoms with van der Waals surface area (Å²) in [4.78, 5) is 43.1. The van der Waals surface area contributed by atoms with Crippen molar-refractivity contribution in [2.75, 3.05) is 44.3 Å². The number of sulfonamides is 1. The molecule has 46 heavy (non-hydrogen) atoms. The molecule has 2 aromatic heterocycles. The van der Waals surface area contributed by atoms with Gasteiger partial charge in [0.05, 0.1) is 31.0 Å². The van der Waals surface area contributed by atoms with E-state index in [1.807, 2.05) is 24.3 Å². The van der Waals surface area contributed by atoms with Gasteiger partial charge in [0.15, 0.2) is 5.03 Å². The normalized spacial score (nSPS) is 20.5. The Morgan fingerprint density at radius 2 is 1.63 bits per heavy atom. The Bertz CT molecular complexity index is 1910. The molecular weight excluding hydrogens is 653 g/mol. The topological polar surface area (TPSA) is 131 Å². The molecule has 2 aromatic carbocycles. The number of amides is 2. The van der Waals surface area contributed by atoms with Gasteiger partial charge in [-0.05, 0) is 36.2 Å². The average Bonchev–Trinajstić information content (AvgIpc) is 3.55. The highest BCUT2D eigenvalue weighted by Gasteiger charge is 2.53. The maximum Gasteiger partial charge on any atom is 0.260 e. The van der Waals surface area contributed by atoms with E-state index < -0.39 is 27.4 Å². The first-order chi connectivity index (χ1) is 22.1. The van der Waals surface area contributed by atoms with E-state index in [9.17, 15) is 18.0 Å². The minimum atomic E-state index is -4.14. The van der Waals surface area contributed by atoms with E-state index in [1.165, 1.54) is 26.3 Å². The van der Waals surface area contributed by atoms with Crippen molar-refractivity contribution in [2.24, 2.45) is 5.92 Å². The minimum Gasteiger partial charge on any atom is -0.378 e. The summed E-state index contributed by atoms with van der Waals surface area (Å²) in [5.74, 6) is -0.790. The quantitative estimate of drug-likeness (QED) is 0.288. The van der Waals surface area contributed by atoms with Crippen LogP contribution in [0.5, 0.6) is 0 Å². The van der Waals surface area contributed by atoms with Crippen LogP contribution in [0.1, 0.15) is 12.5 Å². The van der Waals surface area contributed by atoms with Gasteiger partial charge in [0.1, 0.15) is 11.9 Å². The van der Waals surface area contributed by atoms with Crippen LogP contribution in [0.3, 0.4) is 0 Å². The zero-order chi connectivity index (χ0) is 32.2. The molecular formula is C31H29Cl2N7O5S. The van der Waals surface area contributed by atoms with Crippen molar-refractivity contribution in [1.82, 2.24) is 28.7 Å². The summed E-state index contributed by atoms with van der Waals surface area (Å²) in [5.41, 5.74) is 1.50. The fourth-order valence-corrected chi connectivity index (χ4v) is 8.47. The zero-order valence-electron chi connectivity index (χ0n) is 24.7. The number of benzene rings is 2. The summed E-state index contributed by atoms with van der Waals surface area (Å²) in [6, 6.07) is 12.3. The second-order valence-corrected chi connectivity index (χ2v) is 14.5. The molecule has 3 aliphatic heterocycles. The lowest BCUT2D eigenvalue weighted by Gasteiger charge is -2.40. The molecule has 1 atom stereocenters. The van der Waals surface area contributed by atoms with Gasteiger partial charge < -0.3 is 9.64 Å². The van der Waals surface area contributed by atoms with Gasteiger partial charge in [0.25, 0.3) is 15.9 Å². The Balaban J connectivity index is 1.24. The number of hydrogen-bond donors (Lipinski definition) is 0. The number of halogens is 2. The van der Waals surface area contributed by atoms with Gasteiger partial charge in [-0.1, -0.05) is 47.5 Å².